The quantitative estimate of drug-likeness (QED) is 0.658. The van der Waals surface area contributed by atoms with Gasteiger partial charge in [-0.25, -0.2) is 0 Å². The van der Waals surface area contributed by atoms with Crippen molar-refractivity contribution in [3.63, 3.8) is 0 Å². The Kier molecular flexibility index (Phi) is 6.48. The number of rotatable bonds is 5. The van der Waals surface area contributed by atoms with E-state index < -0.39 is 0 Å². The molecular formula is C17H15Cl3N2O. The Morgan fingerprint density at radius 3 is 2.52 bits per heavy atom. The first-order valence-electron chi connectivity index (χ1n) is 6.86. The molecule has 0 saturated carbocycles. The average Bonchev–Trinajstić information content (AvgIpc) is 2.99. The van der Waals surface area contributed by atoms with E-state index in [0.717, 1.165) is 17.9 Å². The SMILES string of the molecule is Cl.Clc1ccc(Cl)c(-c2ccc(CNCc3ccncc3)o2)c1. The molecule has 0 aliphatic heterocycles. The van der Waals surface area contributed by atoms with E-state index >= 15 is 0 Å². The molecule has 0 aliphatic rings. The minimum absolute atomic E-state index is 0. The van der Waals surface area contributed by atoms with Crippen molar-refractivity contribution in [3.05, 3.63) is 76.2 Å². The van der Waals surface area contributed by atoms with E-state index in [4.69, 9.17) is 27.6 Å². The maximum absolute atomic E-state index is 6.18. The number of pyridine rings is 1. The van der Waals surface area contributed by atoms with Crippen molar-refractivity contribution in [1.82, 2.24) is 10.3 Å². The zero-order valence-electron chi connectivity index (χ0n) is 12.1. The predicted molar refractivity (Wildman–Crippen MR) is 96.2 cm³/mol. The summed E-state index contributed by atoms with van der Waals surface area (Å²) in [6, 6.07) is 13.1. The number of hydrogen-bond acceptors (Lipinski definition) is 3. The minimum Gasteiger partial charge on any atom is -0.460 e. The van der Waals surface area contributed by atoms with Crippen LogP contribution < -0.4 is 5.32 Å². The van der Waals surface area contributed by atoms with E-state index in [-0.39, 0.29) is 12.4 Å². The average molecular weight is 370 g/mol. The van der Waals surface area contributed by atoms with Crippen LogP contribution >= 0.6 is 35.6 Å². The molecule has 3 nitrogen and oxygen atoms in total. The van der Waals surface area contributed by atoms with Crippen LogP contribution in [0.25, 0.3) is 11.3 Å². The molecule has 0 unspecified atom stereocenters. The van der Waals surface area contributed by atoms with Gasteiger partial charge < -0.3 is 9.73 Å². The highest BCUT2D eigenvalue weighted by atomic mass is 35.5. The van der Waals surface area contributed by atoms with Crippen molar-refractivity contribution in [1.29, 1.82) is 0 Å². The fourth-order valence-electron chi connectivity index (χ4n) is 2.13. The van der Waals surface area contributed by atoms with Crippen molar-refractivity contribution in [2.45, 2.75) is 13.1 Å². The topological polar surface area (TPSA) is 38.1 Å². The molecule has 0 radical (unpaired) electrons. The van der Waals surface area contributed by atoms with Crippen molar-refractivity contribution < 1.29 is 4.42 Å². The zero-order valence-corrected chi connectivity index (χ0v) is 14.5. The molecule has 0 atom stereocenters. The fraction of sp³-hybridized carbons (Fsp3) is 0.118. The van der Waals surface area contributed by atoms with Gasteiger partial charge in [0.15, 0.2) is 0 Å². The smallest absolute Gasteiger partial charge is 0.135 e. The fourth-order valence-corrected chi connectivity index (χ4v) is 2.52. The molecule has 2 aromatic heterocycles. The van der Waals surface area contributed by atoms with Gasteiger partial charge >= 0.3 is 0 Å². The minimum atomic E-state index is 0. The van der Waals surface area contributed by atoms with Gasteiger partial charge in [-0.2, -0.15) is 0 Å². The molecule has 1 aromatic carbocycles. The summed E-state index contributed by atoms with van der Waals surface area (Å²) in [6.07, 6.45) is 3.56. The summed E-state index contributed by atoms with van der Waals surface area (Å²) in [4.78, 5) is 3.99. The summed E-state index contributed by atoms with van der Waals surface area (Å²) in [5, 5.41) is 4.58. The third kappa shape index (κ3) is 4.72. The molecule has 23 heavy (non-hydrogen) atoms. The van der Waals surface area contributed by atoms with Gasteiger partial charge in [-0.15, -0.1) is 12.4 Å². The molecule has 6 heteroatoms. The molecule has 0 spiro atoms. The Morgan fingerprint density at radius 1 is 0.957 bits per heavy atom. The molecule has 0 fully saturated rings. The third-order valence-electron chi connectivity index (χ3n) is 3.23. The number of aromatic nitrogens is 1. The number of hydrogen-bond donors (Lipinski definition) is 1. The number of nitrogens with one attached hydrogen (secondary N) is 1. The van der Waals surface area contributed by atoms with Crippen molar-refractivity contribution >= 4 is 35.6 Å². The van der Waals surface area contributed by atoms with Crippen LogP contribution in [0.2, 0.25) is 10.0 Å². The highest BCUT2D eigenvalue weighted by molar-refractivity contribution is 6.35. The van der Waals surface area contributed by atoms with Crippen molar-refractivity contribution in [3.8, 4) is 11.3 Å². The first-order chi connectivity index (χ1) is 10.7. The lowest BCUT2D eigenvalue weighted by Crippen LogP contribution is -2.11. The van der Waals surface area contributed by atoms with Gasteiger partial charge in [0.2, 0.25) is 0 Å². The number of benzene rings is 1. The van der Waals surface area contributed by atoms with Crippen LogP contribution in [0.3, 0.4) is 0 Å². The lowest BCUT2D eigenvalue weighted by Gasteiger charge is -2.03. The van der Waals surface area contributed by atoms with E-state index in [1.165, 1.54) is 5.56 Å². The number of halogens is 3. The molecule has 0 amide bonds. The van der Waals surface area contributed by atoms with Gasteiger partial charge in [-0.1, -0.05) is 23.2 Å². The molecule has 1 N–H and O–H groups in total. The van der Waals surface area contributed by atoms with Crippen LogP contribution in [0, 0.1) is 0 Å². The van der Waals surface area contributed by atoms with Gasteiger partial charge in [0, 0.05) is 29.5 Å². The molecule has 2 heterocycles. The predicted octanol–water partition coefficient (Wildman–Crippen LogP) is 5.36. The lowest BCUT2D eigenvalue weighted by atomic mass is 10.2. The van der Waals surface area contributed by atoms with Crippen LogP contribution in [0.15, 0.2) is 59.3 Å². The summed E-state index contributed by atoms with van der Waals surface area (Å²) >= 11 is 12.2. The maximum Gasteiger partial charge on any atom is 0.135 e. The van der Waals surface area contributed by atoms with Gasteiger partial charge in [-0.3, -0.25) is 4.98 Å². The van der Waals surface area contributed by atoms with E-state index in [1.807, 2.05) is 24.3 Å². The maximum atomic E-state index is 6.18. The molecule has 0 aliphatic carbocycles. The zero-order chi connectivity index (χ0) is 15.4. The van der Waals surface area contributed by atoms with Crippen LogP contribution in [0.4, 0.5) is 0 Å². The van der Waals surface area contributed by atoms with Crippen molar-refractivity contribution in [2.75, 3.05) is 0 Å². The summed E-state index contributed by atoms with van der Waals surface area (Å²) < 4.78 is 5.83. The molecule has 0 bridgehead atoms. The van der Waals surface area contributed by atoms with Crippen molar-refractivity contribution in [2.24, 2.45) is 0 Å². The van der Waals surface area contributed by atoms with E-state index in [0.29, 0.717) is 22.4 Å². The molecule has 3 aromatic rings. The Balaban J connectivity index is 0.00000192. The van der Waals surface area contributed by atoms with Gasteiger partial charge in [0.1, 0.15) is 11.5 Å². The summed E-state index contributed by atoms with van der Waals surface area (Å²) in [5.41, 5.74) is 1.98. The first kappa shape index (κ1) is 17.8. The van der Waals surface area contributed by atoms with Crippen LogP contribution in [-0.4, -0.2) is 4.98 Å². The highest BCUT2D eigenvalue weighted by Gasteiger charge is 2.09. The second kappa shape index (κ2) is 8.37. The summed E-state index contributed by atoms with van der Waals surface area (Å²) in [7, 11) is 0. The largest absolute Gasteiger partial charge is 0.460 e. The number of nitrogens with zero attached hydrogens (tertiary/aromatic N) is 1. The number of furan rings is 1. The van der Waals surface area contributed by atoms with E-state index in [2.05, 4.69) is 10.3 Å². The molecule has 120 valence electrons. The molecule has 3 rings (SSSR count). The standard InChI is InChI=1S/C17H14Cl2N2O.ClH/c18-13-1-3-16(19)15(9-13)17-4-2-14(22-17)11-21-10-12-5-7-20-8-6-12;/h1-9,21H,10-11H2;1H. The Bertz CT molecular complexity index is 760. The van der Waals surface area contributed by atoms with E-state index in [9.17, 15) is 0 Å². The van der Waals surface area contributed by atoms with Gasteiger partial charge in [-0.05, 0) is 48.0 Å². The van der Waals surface area contributed by atoms with Gasteiger partial charge in [0.25, 0.3) is 0 Å². The monoisotopic (exact) mass is 368 g/mol. The summed E-state index contributed by atoms with van der Waals surface area (Å²) in [6.45, 7) is 1.40. The second-order valence-electron chi connectivity index (χ2n) is 4.85. The molecule has 0 saturated heterocycles. The Hall–Kier alpha value is -1.52. The first-order valence-corrected chi connectivity index (χ1v) is 7.62. The van der Waals surface area contributed by atoms with Crippen LogP contribution in [0.1, 0.15) is 11.3 Å². The second-order valence-corrected chi connectivity index (χ2v) is 5.69. The van der Waals surface area contributed by atoms with E-state index in [1.54, 1.807) is 30.6 Å². The highest BCUT2D eigenvalue weighted by Crippen LogP contribution is 2.31. The van der Waals surface area contributed by atoms with Crippen LogP contribution in [0.5, 0.6) is 0 Å². The lowest BCUT2D eigenvalue weighted by molar-refractivity contribution is 0.493. The Labute approximate surface area is 151 Å². The van der Waals surface area contributed by atoms with Crippen LogP contribution in [-0.2, 0) is 13.1 Å². The van der Waals surface area contributed by atoms with Gasteiger partial charge in [0.05, 0.1) is 11.6 Å². The Morgan fingerprint density at radius 2 is 1.74 bits per heavy atom. The molecular weight excluding hydrogens is 355 g/mol. The normalized spacial score (nSPS) is 10.3. The summed E-state index contributed by atoms with van der Waals surface area (Å²) in [5.74, 6) is 1.56. The third-order valence-corrected chi connectivity index (χ3v) is 3.80.